The second-order valence-electron chi connectivity index (χ2n) is 7.42. The van der Waals surface area contributed by atoms with Crippen LogP contribution in [0.2, 0.25) is 0 Å². The van der Waals surface area contributed by atoms with Gasteiger partial charge in [0.2, 0.25) is 0 Å². The van der Waals surface area contributed by atoms with Gasteiger partial charge in [-0.15, -0.1) is 0 Å². The lowest BCUT2D eigenvalue weighted by molar-refractivity contribution is 0.0571. The van der Waals surface area contributed by atoms with E-state index in [2.05, 4.69) is 4.90 Å². The standard InChI is InChI=1S/C23H29F2NO3/c1-28-23-20(3-2-4-21(23)29-16-12-24)22(27)18-10-14-26(15-11-18)13-9-17-5-7-19(25)8-6-17/h2-8,18,22,27H,9-16H2,1H3/i24-1. The van der Waals surface area contributed by atoms with E-state index >= 15 is 0 Å². The van der Waals surface area contributed by atoms with Crippen LogP contribution >= 0.6 is 0 Å². The Morgan fingerprint density at radius 1 is 1.14 bits per heavy atom. The molecule has 29 heavy (non-hydrogen) atoms. The predicted octanol–water partition coefficient (Wildman–Crippen LogP) is 4.17. The highest BCUT2D eigenvalue weighted by Crippen LogP contribution is 2.40. The minimum absolute atomic E-state index is 0.0393. The third-order valence-corrected chi connectivity index (χ3v) is 5.58. The van der Waals surface area contributed by atoms with Crippen LogP contribution in [0.5, 0.6) is 11.5 Å². The summed E-state index contributed by atoms with van der Waals surface area (Å²) in [6.45, 7) is 2.12. The lowest BCUT2D eigenvalue weighted by Gasteiger charge is -2.34. The SMILES string of the molecule is COc1c(OCC[18F])cccc1C(O)C1CCN(CCc2ccc(F)cc2)CC1. The second-order valence-corrected chi connectivity index (χ2v) is 7.42. The van der Waals surface area contributed by atoms with Gasteiger partial charge in [0.05, 0.1) is 13.2 Å². The molecule has 0 aliphatic carbocycles. The molecule has 0 aromatic heterocycles. The number of aliphatic hydroxyl groups is 1. The first kappa shape index (κ1) is 21.5. The summed E-state index contributed by atoms with van der Waals surface area (Å²) >= 11 is 0. The van der Waals surface area contributed by atoms with Gasteiger partial charge in [0, 0.05) is 12.1 Å². The highest BCUT2D eigenvalue weighted by Gasteiger charge is 2.29. The Morgan fingerprint density at radius 2 is 1.86 bits per heavy atom. The zero-order chi connectivity index (χ0) is 20.6. The molecule has 1 N–H and O–H groups in total. The van der Waals surface area contributed by atoms with Crippen molar-refractivity contribution in [3.63, 3.8) is 0 Å². The fourth-order valence-electron chi connectivity index (χ4n) is 3.93. The van der Waals surface area contributed by atoms with Gasteiger partial charge in [0.1, 0.15) is 19.1 Å². The van der Waals surface area contributed by atoms with E-state index in [0.717, 1.165) is 44.5 Å². The molecule has 1 atom stereocenters. The molecule has 4 nitrogen and oxygen atoms in total. The Morgan fingerprint density at radius 3 is 2.52 bits per heavy atom. The van der Waals surface area contributed by atoms with Crippen LogP contribution in [0.25, 0.3) is 0 Å². The van der Waals surface area contributed by atoms with Gasteiger partial charge in [0.25, 0.3) is 0 Å². The summed E-state index contributed by atoms with van der Waals surface area (Å²) in [7, 11) is 1.53. The number of halogens is 2. The minimum atomic E-state index is -0.655. The van der Waals surface area contributed by atoms with Crippen molar-refractivity contribution in [3.05, 3.63) is 59.4 Å². The highest BCUT2D eigenvalue weighted by atomic mass is 19.1. The summed E-state index contributed by atoms with van der Waals surface area (Å²) in [5.74, 6) is 0.853. The van der Waals surface area contributed by atoms with E-state index in [9.17, 15) is 13.9 Å². The molecule has 1 saturated heterocycles. The molecule has 0 amide bonds. The van der Waals surface area contributed by atoms with E-state index in [-0.39, 0.29) is 18.3 Å². The maximum atomic E-state index is 13.0. The van der Waals surface area contributed by atoms with Crippen molar-refractivity contribution in [3.8, 4) is 11.5 Å². The molecule has 1 unspecified atom stereocenters. The molecular weight excluding hydrogens is 375 g/mol. The molecule has 0 saturated carbocycles. The number of likely N-dealkylation sites (tertiary alicyclic amines) is 1. The van der Waals surface area contributed by atoms with Gasteiger partial charge in [-0.2, -0.15) is 0 Å². The number of nitrogens with zero attached hydrogens (tertiary/aromatic N) is 1. The topological polar surface area (TPSA) is 41.9 Å². The number of aliphatic hydroxyl groups excluding tert-OH is 1. The van der Waals surface area contributed by atoms with Crippen molar-refractivity contribution >= 4 is 0 Å². The monoisotopic (exact) mass is 404 g/mol. The Kier molecular flexibility index (Phi) is 7.83. The van der Waals surface area contributed by atoms with Gasteiger partial charge in [-0.25, -0.2) is 8.78 Å². The quantitative estimate of drug-likeness (QED) is 0.681. The number of methoxy groups -OCH3 is 1. The predicted molar refractivity (Wildman–Crippen MR) is 109 cm³/mol. The van der Waals surface area contributed by atoms with Gasteiger partial charge in [-0.1, -0.05) is 24.3 Å². The average molecular weight is 404 g/mol. The number of ether oxygens (including phenoxy) is 2. The fourth-order valence-corrected chi connectivity index (χ4v) is 3.93. The number of rotatable bonds is 9. The lowest BCUT2D eigenvalue weighted by atomic mass is 9.87. The van der Waals surface area contributed by atoms with Crippen molar-refractivity contribution in [1.82, 2.24) is 4.90 Å². The Bertz CT molecular complexity index is 761. The highest BCUT2D eigenvalue weighted by molar-refractivity contribution is 5.47. The number of para-hydroxylation sites is 1. The Balaban J connectivity index is 1.55. The molecular formula is C23H29F2NO3. The molecule has 2 aromatic carbocycles. The molecule has 0 radical (unpaired) electrons. The van der Waals surface area contributed by atoms with Crippen molar-refractivity contribution in [2.24, 2.45) is 5.92 Å². The number of hydrogen-bond donors (Lipinski definition) is 1. The summed E-state index contributed by atoms with van der Waals surface area (Å²) in [5, 5.41) is 11.0. The van der Waals surface area contributed by atoms with Crippen LogP contribution in [0.4, 0.5) is 8.78 Å². The van der Waals surface area contributed by atoms with Gasteiger partial charge >= 0.3 is 0 Å². The van der Waals surface area contributed by atoms with E-state index in [1.54, 1.807) is 12.1 Å². The second kappa shape index (κ2) is 10.6. The molecule has 1 fully saturated rings. The molecule has 6 heteroatoms. The number of benzene rings is 2. The van der Waals surface area contributed by atoms with Crippen LogP contribution in [0.1, 0.15) is 30.1 Å². The zero-order valence-electron chi connectivity index (χ0n) is 16.8. The molecule has 0 spiro atoms. The number of alkyl halides is 1. The Labute approximate surface area is 171 Å². The molecule has 1 aliphatic heterocycles. The van der Waals surface area contributed by atoms with E-state index in [1.807, 2.05) is 18.2 Å². The van der Waals surface area contributed by atoms with Crippen molar-refractivity contribution in [1.29, 1.82) is 0 Å². The smallest absolute Gasteiger partial charge is 0.166 e. The van der Waals surface area contributed by atoms with E-state index in [1.165, 1.54) is 19.2 Å². The van der Waals surface area contributed by atoms with Crippen molar-refractivity contribution < 1.29 is 23.4 Å². The molecule has 158 valence electrons. The normalized spacial score (nSPS) is 16.6. The van der Waals surface area contributed by atoms with Crippen LogP contribution in [-0.2, 0) is 6.42 Å². The van der Waals surface area contributed by atoms with E-state index in [4.69, 9.17) is 9.47 Å². The minimum Gasteiger partial charge on any atom is -0.492 e. The van der Waals surface area contributed by atoms with Crippen LogP contribution in [0.3, 0.4) is 0 Å². The molecule has 1 heterocycles. The van der Waals surface area contributed by atoms with Crippen LogP contribution in [0, 0.1) is 11.7 Å². The largest absolute Gasteiger partial charge is 0.492 e. The van der Waals surface area contributed by atoms with E-state index in [0.29, 0.717) is 17.1 Å². The summed E-state index contributed by atoms with van der Waals surface area (Å²) in [6.07, 6.45) is 1.99. The van der Waals surface area contributed by atoms with Gasteiger partial charge in [0.15, 0.2) is 11.5 Å². The summed E-state index contributed by atoms with van der Waals surface area (Å²) in [5.41, 5.74) is 1.82. The average Bonchev–Trinajstić information content (AvgIpc) is 2.76. The van der Waals surface area contributed by atoms with Crippen LogP contribution in [0.15, 0.2) is 42.5 Å². The zero-order valence-corrected chi connectivity index (χ0v) is 16.8. The molecule has 3 rings (SSSR count). The summed E-state index contributed by atoms with van der Waals surface area (Å²) in [6, 6.07) is 12.0. The van der Waals surface area contributed by atoms with Crippen molar-refractivity contribution in [2.45, 2.75) is 25.4 Å². The fraction of sp³-hybridized carbons (Fsp3) is 0.478. The first-order valence-electron chi connectivity index (χ1n) is 10.1. The summed E-state index contributed by atoms with van der Waals surface area (Å²) < 4.78 is 36.3. The van der Waals surface area contributed by atoms with Crippen LogP contribution in [-0.4, -0.2) is 50.0 Å². The third-order valence-electron chi connectivity index (χ3n) is 5.58. The van der Waals surface area contributed by atoms with Crippen molar-refractivity contribution in [2.75, 3.05) is 40.0 Å². The molecule has 2 aromatic rings. The maximum absolute atomic E-state index is 13.0. The Hall–Kier alpha value is -2.18. The van der Waals surface area contributed by atoms with E-state index < -0.39 is 12.8 Å². The first-order chi connectivity index (χ1) is 14.1. The third kappa shape index (κ3) is 5.67. The number of piperidine rings is 1. The summed E-state index contributed by atoms with van der Waals surface area (Å²) in [4.78, 5) is 2.38. The van der Waals surface area contributed by atoms with Gasteiger partial charge < -0.3 is 19.5 Å². The maximum Gasteiger partial charge on any atom is 0.166 e. The molecule has 1 aliphatic rings. The van der Waals surface area contributed by atoms with Gasteiger partial charge in [-0.3, -0.25) is 0 Å². The lowest BCUT2D eigenvalue weighted by Crippen LogP contribution is -2.36. The van der Waals surface area contributed by atoms with Gasteiger partial charge in [-0.05, 0) is 62.0 Å². The van der Waals surface area contributed by atoms with Crippen LogP contribution < -0.4 is 9.47 Å². The first-order valence-corrected chi connectivity index (χ1v) is 10.1. The number of hydrogen-bond acceptors (Lipinski definition) is 4. The molecule has 0 bridgehead atoms.